The summed E-state index contributed by atoms with van der Waals surface area (Å²) in [7, 11) is 1.89. The first kappa shape index (κ1) is 15.6. The molecule has 2 nitrogen and oxygen atoms in total. The van der Waals surface area contributed by atoms with E-state index in [1.807, 2.05) is 13.1 Å². The highest BCUT2D eigenvalue weighted by Crippen LogP contribution is 2.32. The van der Waals surface area contributed by atoms with E-state index in [9.17, 15) is 0 Å². The fourth-order valence-electron chi connectivity index (χ4n) is 1.80. The average molecular weight is 290 g/mol. The summed E-state index contributed by atoms with van der Waals surface area (Å²) in [6, 6.07) is 3.62. The van der Waals surface area contributed by atoms with Gasteiger partial charge in [-0.1, -0.05) is 49.4 Å². The highest BCUT2D eigenvalue weighted by molar-refractivity contribution is 6.35. The van der Waals surface area contributed by atoms with E-state index in [0.717, 1.165) is 17.7 Å². The van der Waals surface area contributed by atoms with Gasteiger partial charge in [0, 0.05) is 17.1 Å². The second kappa shape index (κ2) is 8.63. The molecule has 0 spiro atoms. The lowest BCUT2D eigenvalue weighted by atomic mass is 10.2. The molecule has 0 aromatic heterocycles. The number of hydrogen-bond acceptors (Lipinski definition) is 2. The van der Waals surface area contributed by atoms with Crippen LogP contribution in [0, 0.1) is 0 Å². The van der Waals surface area contributed by atoms with Gasteiger partial charge in [0.2, 0.25) is 0 Å². The summed E-state index contributed by atoms with van der Waals surface area (Å²) in [4.78, 5) is 0. The zero-order valence-corrected chi connectivity index (χ0v) is 12.6. The van der Waals surface area contributed by atoms with Crippen molar-refractivity contribution in [3.05, 3.63) is 27.7 Å². The van der Waals surface area contributed by atoms with E-state index in [1.165, 1.54) is 19.3 Å². The third-order valence-electron chi connectivity index (χ3n) is 2.70. The number of hydrogen-bond donors (Lipinski definition) is 1. The van der Waals surface area contributed by atoms with Crippen molar-refractivity contribution >= 4 is 23.2 Å². The van der Waals surface area contributed by atoms with Crippen LogP contribution in [0.5, 0.6) is 5.75 Å². The summed E-state index contributed by atoms with van der Waals surface area (Å²) >= 11 is 12.2. The molecule has 18 heavy (non-hydrogen) atoms. The molecule has 0 saturated carbocycles. The van der Waals surface area contributed by atoms with E-state index in [2.05, 4.69) is 12.2 Å². The zero-order chi connectivity index (χ0) is 13.4. The Morgan fingerprint density at radius 2 is 1.94 bits per heavy atom. The number of ether oxygens (including phenoxy) is 1. The van der Waals surface area contributed by atoms with Gasteiger partial charge in [0.25, 0.3) is 0 Å². The van der Waals surface area contributed by atoms with Crippen molar-refractivity contribution in [1.29, 1.82) is 0 Å². The molecule has 0 bridgehead atoms. The van der Waals surface area contributed by atoms with Crippen LogP contribution in [-0.4, -0.2) is 13.7 Å². The van der Waals surface area contributed by atoms with Crippen molar-refractivity contribution in [3.8, 4) is 5.75 Å². The molecule has 1 rings (SSSR count). The summed E-state index contributed by atoms with van der Waals surface area (Å²) in [6.45, 7) is 3.60. The average Bonchev–Trinajstić information content (AvgIpc) is 2.32. The van der Waals surface area contributed by atoms with Gasteiger partial charge >= 0.3 is 0 Å². The van der Waals surface area contributed by atoms with Gasteiger partial charge in [-0.05, 0) is 25.6 Å². The lowest BCUT2D eigenvalue weighted by Gasteiger charge is -2.13. The van der Waals surface area contributed by atoms with Crippen LogP contribution in [0.25, 0.3) is 0 Å². The summed E-state index contributed by atoms with van der Waals surface area (Å²) < 4.78 is 5.79. The molecule has 0 atom stereocenters. The molecule has 4 heteroatoms. The Kier molecular flexibility index (Phi) is 7.48. The number of nitrogens with one attached hydrogen (secondary N) is 1. The molecule has 0 aliphatic carbocycles. The molecule has 102 valence electrons. The van der Waals surface area contributed by atoms with E-state index in [-0.39, 0.29) is 0 Å². The second-order valence-electron chi connectivity index (χ2n) is 4.32. The van der Waals surface area contributed by atoms with Crippen LogP contribution in [0.4, 0.5) is 0 Å². The molecule has 0 aliphatic heterocycles. The molecule has 1 aromatic rings. The first-order valence-corrected chi connectivity index (χ1v) is 7.20. The Bertz CT molecular complexity index is 369. The number of unbranched alkanes of at least 4 members (excludes halogenated alkanes) is 3. The number of halogens is 2. The van der Waals surface area contributed by atoms with Gasteiger partial charge in [-0.2, -0.15) is 0 Å². The third kappa shape index (κ3) is 5.05. The van der Waals surface area contributed by atoms with E-state index in [4.69, 9.17) is 27.9 Å². The van der Waals surface area contributed by atoms with Crippen molar-refractivity contribution in [3.63, 3.8) is 0 Å². The summed E-state index contributed by atoms with van der Waals surface area (Å²) in [5.74, 6) is 0.756. The Morgan fingerprint density at radius 3 is 2.61 bits per heavy atom. The molecule has 1 aromatic carbocycles. The minimum Gasteiger partial charge on any atom is -0.492 e. The smallest absolute Gasteiger partial charge is 0.142 e. The standard InChI is InChI=1S/C14H21Cl2NO/c1-3-4-5-6-7-18-14-11(10-17-2)8-12(15)9-13(14)16/h8-9,17H,3-7,10H2,1-2H3. The molecule has 0 unspecified atom stereocenters. The van der Waals surface area contributed by atoms with Gasteiger partial charge in [0.1, 0.15) is 5.75 Å². The number of rotatable bonds is 8. The lowest BCUT2D eigenvalue weighted by molar-refractivity contribution is 0.302. The largest absolute Gasteiger partial charge is 0.492 e. The van der Waals surface area contributed by atoms with Gasteiger partial charge in [-0.15, -0.1) is 0 Å². The number of benzene rings is 1. The second-order valence-corrected chi connectivity index (χ2v) is 5.16. The van der Waals surface area contributed by atoms with Crippen molar-refractivity contribution in [2.75, 3.05) is 13.7 Å². The van der Waals surface area contributed by atoms with Gasteiger partial charge in [-0.25, -0.2) is 0 Å². The maximum Gasteiger partial charge on any atom is 0.142 e. The van der Waals surface area contributed by atoms with E-state index < -0.39 is 0 Å². The molecule has 0 amide bonds. The highest BCUT2D eigenvalue weighted by atomic mass is 35.5. The van der Waals surface area contributed by atoms with Gasteiger partial charge in [0.05, 0.1) is 11.6 Å². The predicted molar refractivity (Wildman–Crippen MR) is 78.9 cm³/mol. The molecular formula is C14H21Cl2NO. The van der Waals surface area contributed by atoms with Crippen LogP contribution in [0.3, 0.4) is 0 Å². The minimum atomic E-state index is 0.586. The van der Waals surface area contributed by atoms with Gasteiger partial charge in [0.15, 0.2) is 0 Å². The maximum atomic E-state index is 6.17. The van der Waals surface area contributed by atoms with Crippen molar-refractivity contribution < 1.29 is 4.74 Å². The Labute approximate surface area is 120 Å². The molecule has 1 N–H and O–H groups in total. The summed E-state index contributed by atoms with van der Waals surface area (Å²) in [5.41, 5.74) is 1.01. The third-order valence-corrected chi connectivity index (χ3v) is 3.20. The first-order valence-electron chi connectivity index (χ1n) is 6.44. The van der Waals surface area contributed by atoms with Gasteiger partial charge in [-0.3, -0.25) is 0 Å². The van der Waals surface area contributed by atoms with Gasteiger partial charge < -0.3 is 10.1 Å². The summed E-state index contributed by atoms with van der Waals surface area (Å²) in [6.07, 6.45) is 4.74. The van der Waals surface area contributed by atoms with Crippen LogP contribution < -0.4 is 10.1 Å². The van der Waals surface area contributed by atoms with Crippen LogP contribution in [0.15, 0.2) is 12.1 Å². The minimum absolute atomic E-state index is 0.586. The SMILES string of the molecule is CCCCCCOc1c(Cl)cc(Cl)cc1CNC. The lowest BCUT2D eigenvalue weighted by Crippen LogP contribution is -2.08. The molecule has 0 radical (unpaired) electrons. The monoisotopic (exact) mass is 289 g/mol. The Hall–Kier alpha value is -0.440. The Balaban J connectivity index is 2.62. The van der Waals surface area contributed by atoms with Crippen LogP contribution in [0.2, 0.25) is 10.0 Å². The normalized spacial score (nSPS) is 10.7. The van der Waals surface area contributed by atoms with E-state index >= 15 is 0 Å². The molecule has 0 fully saturated rings. The fraction of sp³-hybridized carbons (Fsp3) is 0.571. The highest BCUT2D eigenvalue weighted by Gasteiger charge is 2.10. The van der Waals surface area contributed by atoms with Crippen LogP contribution >= 0.6 is 23.2 Å². The maximum absolute atomic E-state index is 6.17. The van der Waals surface area contributed by atoms with E-state index in [1.54, 1.807) is 6.07 Å². The Morgan fingerprint density at radius 1 is 1.17 bits per heavy atom. The van der Waals surface area contributed by atoms with Crippen molar-refractivity contribution in [2.24, 2.45) is 0 Å². The van der Waals surface area contributed by atoms with Crippen LogP contribution in [0.1, 0.15) is 38.2 Å². The molecular weight excluding hydrogens is 269 g/mol. The quantitative estimate of drug-likeness (QED) is 0.702. The predicted octanol–water partition coefficient (Wildman–Crippen LogP) is 4.67. The molecule has 0 saturated heterocycles. The fourth-order valence-corrected chi connectivity index (χ4v) is 2.39. The topological polar surface area (TPSA) is 21.3 Å². The van der Waals surface area contributed by atoms with Crippen molar-refractivity contribution in [2.45, 2.75) is 39.2 Å². The van der Waals surface area contributed by atoms with Crippen LogP contribution in [-0.2, 0) is 6.54 Å². The summed E-state index contributed by atoms with van der Waals surface area (Å²) in [5, 5.41) is 4.32. The first-order chi connectivity index (χ1) is 8.69. The molecule has 0 heterocycles. The zero-order valence-electron chi connectivity index (χ0n) is 11.1. The molecule has 0 aliphatic rings. The van der Waals surface area contributed by atoms with E-state index in [0.29, 0.717) is 23.2 Å². The van der Waals surface area contributed by atoms with Crippen molar-refractivity contribution in [1.82, 2.24) is 5.32 Å².